The highest BCUT2D eigenvalue weighted by atomic mass is 35.5. The largest absolute Gasteiger partial charge is 0.347 e. The van der Waals surface area contributed by atoms with Crippen LogP contribution in [0.3, 0.4) is 0 Å². The second-order valence-corrected chi connectivity index (χ2v) is 5.85. The standard InChI is InChI=1S/C15H16ClN5O2/c1-8-11(9(2)21-13(18-8)5-14(22)19-21)6-17-15(23)12-4-10(16)7-20(12)3/h4-5,7H,6H2,1-3H3,(H,17,23)(H,19,22). The van der Waals surface area contributed by atoms with Crippen LogP contribution >= 0.6 is 11.6 Å². The van der Waals surface area contributed by atoms with Crippen LogP contribution in [0.5, 0.6) is 0 Å². The molecule has 0 spiro atoms. The Kier molecular flexibility index (Phi) is 3.73. The molecule has 0 aliphatic rings. The lowest BCUT2D eigenvalue weighted by Gasteiger charge is -2.12. The molecule has 3 rings (SSSR count). The van der Waals surface area contributed by atoms with Crippen LogP contribution in [0.15, 0.2) is 23.1 Å². The summed E-state index contributed by atoms with van der Waals surface area (Å²) in [4.78, 5) is 28.1. The molecular weight excluding hydrogens is 318 g/mol. The molecule has 0 aromatic carbocycles. The van der Waals surface area contributed by atoms with Gasteiger partial charge in [-0.2, -0.15) is 0 Å². The Hall–Kier alpha value is -2.54. The number of hydrogen-bond acceptors (Lipinski definition) is 3. The van der Waals surface area contributed by atoms with Crippen LogP contribution in [-0.2, 0) is 13.6 Å². The third kappa shape index (κ3) is 2.75. The second kappa shape index (κ2) is 5.58. The Morgan fingerprint density at radius 1 is 1.39 bits per heavy atom. The van der Waals surface area contributed by atoms with Crippen molar-refractivity contribution in [2.45, 2.75) is 20.4 Å². The number of nitrogens with zero attached hydrogens (tertiary/aromatic N) is 3. The van der Waals surface area contributed by atoms with Crippen molar-refractivity contribution in [1.82, 2.24) is 24.5 Å². The van der Waals surface area contributed by atoms with E-state index in [0.717, 1.165) is 17.0 Å². The third-order valence-corrected chi connectivity index (χ3v) is 4.04. The van der Waals surface area contributed by atoms with Gasteiger partial charge >= 0.3 is 0 Å². The van der Waals surface area contributed by atoms with Crippen molar-refractivity contribution in [2.75, 3.05) is 0 Å². The summed E-state index contributed by atoms with van der Waals surface area (Å²) in [6.07, 6.45) is 1.67. The lowest BCUT2D eigenvalue weighted by molar-refractivity contribution is 0.0942. The summed E-state index contributed by atoms with van der Waals surface area (Å²) in [5, 5.41) is 6.06. The molecular formula is C15H16ClN5O2. The predicted octanol–water partition coefficient (Wildman–Crippen LogP) is 1.56. The molecule has 8 heteroatoms. The summed E-state index contributed by atoms with van der Waals surface area (Å²) in [5.74, 6) is -0.223. The first-order valence-electron chi connectivity index (χ1n) is 7.04. The molecule has 0 saturated heterocycles. The molecule has 7 nitrogen and oxygen atoms in total. The number of aromatic nitrogens is 4. The van der Waals surface area contributed by atoms with Crippen molar-refractivity contribution in [3.8, 4) is 0 Å². The molecule has 0 bridgehead atoms. The summed E-state index contributed by atoms with van der Waals surface area (Å²) >= 11 is 5.90. The summed E-state index contributed by atoms with van der Waals surface area (Å²) in [6.45, 7) is 4.03. The Labute approximate surface area is 136 Å². The smallest absolute Gasteiger partial charge is 0.268 e. The van der Waals surface area contributed by atoms with Gasteiger partial charge in [-0.1, -0.05) is 11.6 Å². The molecule has 120 valence electrons. The average molecular weight is 334 g/mol. The van der Waals surface area contributed by atoms with E-state index in [2.05, 4.69) is 15.4 Å². The number of H-pyrrole nitrogens is 1. The molecule has 0 aliphatic carbocycles. The van der Waals surface area contributed by atoms with E-state index in [1.54, 1.807) is 28.4 Å². The van der Waals surface area contributed by atoms with Crippen molar-refractivity contribution < 1.29 is 4.79 Å². The average Bonchev–Trinajstić information content (AvgIpc) is 3.00. The topological polar surface area (TPSA) is 84.2 Å². The van der Waals surface area contributed by atoms with Crippen molar-refractivity contribution >= 4 is 23.2 Å². The molecule has 0 fully saturated rings. The van der Waals surface area contributed by atoms with Crippen LogP contribution in [0.25, 0.3) is 5.65 Å². The normalized spacial score (nSPS) is 11.1. The van der Waals surface area contributed by atoms with Gasteiger partial charge in [0, 0.05) is 42.8 Å². The minimum absolute atomic E-state index is 0.209. The number of aryl methyl sites for hydroxylation is 3. The van der Waals surface area contributed by atoms with E-state index >= 15 is 0 Å². The van der Waals surface area contributed by atoms with Gasteiger partial charge in [-0.25, -0.2) is 9.50 Å². The first-order valence-corrected chi connectivity index (χ1v) is 7.42. The number of rotatable bonds is 3. The van der Waals surface area contributed by atoms with Crippen LogP contribution in [0.2, 0.25) is 5.02 Å². The number of halogens is 1. The van der Waals surface area contributed by atoms with Crippen LogP contribution in [-0.4, -0.2) is 25.1 Å². The Balaban J connectivity index is 1.88. The first-order chi connectivity index (χ1) is 10.9. The highest BCUT2D eigenvalue weighted by Gasteiger charge is 2.14. The second-order valence-electron chi connectivity index (χ2n) is 5.41. The molecule has 1 amide bonds. The highest BCUT2D eigenvalue weighted by Crippen LogP contribution is 2.15. The zero-order chi connectivity index (χ0) is 16.7. The molecule has 23 heavy (non-hydrogen) atoms. The van der Waals surface area contributed by atoms with Gasteiger partial charge in [0.05, 0.1) is 5.02 Å². The van der Waals surface area contributed by atoms with Crippen molar-refractivity contribution in [3.05, 3.63) is 56.4 Å². The number of amides is 1. The van der Waals surface area contributed by atoms with E-state index in [0.29, 0.717) is 22.9 Å². The Bertz CT molecular complexity index is 966. The van der Waals surface area contributed by atoms with Crippen molar-refractivity contribution in [2.24, 2.45) is 7.05 Å². The maximum absolute atomic E-state index is 12.3. The van der Waals surface area contributed by atoms with E-state index in [1.165, 1.54) is 6.07 Å². The van der Waals surface area contributed by atoms with Crippen LogP contribution in [0, 0.1) is 13.8 Å². The van der Waals surface area contributed by atoms with E-state index < -0.39 is 0 Å². The van der Waals surface area contributed by atoms with Gasteiger partial charge < -0.3 is 9.88 Å². The lowest BCUT2D eigenvalue weighted by Crippen LogP contribution is -2.26. The maximum atomic E-state index is 12.3. The summed E-state index contributed by atoms with van der Waals surface area (Å²) in [5.41, 5.74) is 3.30. The fourth-order valence-corrected chi connectivity index (χ4v) is 2.87. The van der Waals surface area contributed by atoms with Gasteiger partial charge in [-0.15, -0.1) is 0 Å². The third-order valence-electron chi connectivity index (χ3n) is 3.83. The van der Waals surface area contributed by atoms with E-state index in [9.17, 15) is 9.59 Å². The fraction of sp³-hybridized carbons (Fsp3) is 0.267. The maximum Gasteiger partial charge on any atom is 0.268 e. The molecule has 3 heterocycles. The summed E-state index contributed by atoms with van der Waals surface area (Å²) in [6, 6.07) is 3.05. The monoisotopic (exact) mass is 333 g/mol. The summed E-state index contributed by atoms with van der Waals surface area (Å²) < 4.78 is 3.29. The zero-order valence-corrected chi connectivity index (χ0v) is 13.7. The number of aromatic amines is 1. The van der Waals surface area contributed by atoms with Crippen molar-refractivity contribution in [3.63, 3.8) is 0 Å². The number of nitrogens with one attached hydrogen (secondary N) is 2. The van der Waals surface area contributed by atoms with Crippen LogP contribution in [0.1, 0.15) is 27.4 Å². The fourth-order valence-electron chi connectivity index (χ4n) is 2.62. The number of carbonyl (C=O) groups is 1. The molecule has 3 aromatic heterocycles. The van der Waals surface area contributed by atoms with Gasteiger partial charge in [-0.3, -0.25) is 14.7 Å². The highest BCUT2D eigenvalue weighted by molar-refractivity contribution is 6.31. The quantitative estimate of drug-likeness (QED) is 0.763. The summed E-state index contributed by atoms with van der Waals surface area (Å²) in [7, 11) is 1.76. The molecule has 3 aromatic rings. The molecule has 2 N–H and O–H groups in total. The molecule has 0 saturated carbocycles. The van der Waals surface area contributed by atoms with Gasteiger partial charge in [0.1, 0.15) is 5.69 Å². The number of fused-ring (bicyclic) bond motifs is 1. The molecule has 0 radical (unpaired) electrons. The van der Waals surface area contributed by atoms with Crippen LogP contribution in [0.4, 0.5) is 0 Å². The van der Waals surface area contributed by atoms with Gasteiger partial charge in [0.25, 0.3) is 11.5 Å². The number of carbonyl (C=O) groups excluding carboxylic acids is 1. The molecule has 0 aliphatic heterocycles. The van der Waals surface area contributed by atoms with Gasteiger partial charge in [0.2, 0.25) is 0 Å². The first kappa shape index (κ1) is 15.4. The Morgan fingerprint density at radius 2 is 2.13 bits per heavy atom. The minimum atomic E-state index is -0.223. The van der Waals surface area contributed by atoms with Gasteiger partial charge in [-0.05, 0) is 19.9 Å². The van der Waals surface area contributed by atoms with E-state index in [4.69, 9.17) is 11.6 Å². The molecule has 0 unspecified atom stereocenters. The van der Waals surface area contributed by atoms with Crippen LogP contribution < -0.4 is 10.9 Å². The van der Waals surface area contributed by atoms with E-state index in [1.807, 2.05) is 13.8 Å². The van der Waals surface area contributed by atoms with E-state index in [-0.39, 0.29) is 11.5 Å². The SMILES string of the molecule is Cc1nc2cc(=O)[nH]n2c(C)c1CNC(=O)c1cc(Cl)cn1C. The Morgan fingerprint density at radius 3 is 2.78 bits per heavy atom. The van der Waals surface area contributed by atoms with Crippen molar-refractivity contribution in [1.29, 1.82) is 0 Å². The zero-order valence-electron chi connectivity index (χ0n) is 13.0. The number of hydrogen-bond donors (Lipinski definition) is 2. The minimum Gasteiger partial charge on any atom is -0.347 e. The van der Waals surface area contributed by atoms with Gasteiger partial charge in [0.15, 0.2) is 5.65 Å². The lowest BCUT2D eigenvalue weighted by atomic mass is 10.1. The molecule has 0 atom stereocenters. The predicted molar refractivity (Wildman–Crippen MR) is 86.9 cm³/mol.